The quantitative estimate of drug-likeness (QED) is 0.724. The predicted molar refractivity (Wildman–Crippen MR) is 69.7 cm³/mol. The van der Waals surface area contributed by atoms with E-state index in [-0.39, 0.29) is 0 Å². The highest BCUT2D eigenvalue weighted by Crippen LogP contribution is 2.33. The normalized spacial score (nSPS) is 24.9. The summed E-state index contributed by atoms with van der Waals surface area (Å²) in [5.41, 5.74) is 0. The molecule has 0 radical (unpaired) electrons. The highest BCUT2D eigenvalue weighted by atomic mass is 15.3. The fourth-order valence-corrected chi connectivity index (χ4v) is 3.21. The van der Waals surface area contributed by atoms with Crippen molar-refractivity contribution in [3.63, 3.8) is 0 Å². The van der Waals surface area contributed by atoms with Gasteiger partial charge in [-0.15, -0.1) is 0 Å². The summed E-state index contributed by atoms with van der Waals surface area (Å²) in [6, 6.07) is 3.26. The molecule has 1 aliphatic heterocycles. The van der Waals surface area contributed by atoms with E-state index in [9.17, 15) is 0 Å². The molecular formula is C14H28N2. The van der Waals surface area contributed by atoms with Gasteiger partial charge in [-0.3, -0.25) is 4.90 Å². The molecule has 0 aromatic heterocycles. The van der Waals surface area contributed by atoms with Gasteiger partial charge in [0.15, 0.2) is 0 Å². The van der Waals surface area contributed by atoms with Crippen molar-refractivity contribution in [2.75, 3.05) is 13.1 Å². The van der Waals surface area contributed by atoms with E-state index in [2.05, 4.69) is 37.5 Å². The number of hydrogen-bond acceptors (Lipinski definition) is 2. The molecule has 0 amide bonds. The molecule has 2 aliphatic rings. The van der Waals surface area contributed by atoms with Gasteiger partial charge in [0.25, 0.3) is 0 Å². The smallest absolute Gasteiger partial charge is 0.0125 e. The Morgan fingerprint density at radius 2 is 1.38 bits per heavy atom. The second-order valence-corrected chi connectivity index (χ2v) is 6.13. The minimum Gasteiger partial charge on any atom is -0.301 e. The first-order valence-electron chi connectivity index (χ1n) is 7.11. The zero-order valence-corrected chi connectivity index (χ0v) is 11.4. The largest absolute Gasteiger partial charge is 0.301 e. The van der Waals surface area contributed by atoms with Crippen molar-refractivity contribution in [1.29, 1.82) is 0 Å². The molecule has 0 unspecified atom stereocenters. The van der Waals surface area contributed by atoms with E-state index in [1.165, 1.54) is 38.8 Å². The minimum atomic E-state index is 0.731. The minimum absolute atomic E-state index is 0.731. The van der Waals surface area contributed by atoms with Crippen molar-refractivity contribution < 1.29 is 0 Å². The molecule has 0 N–H and O–H groups in total. The standard InChI is InChI=1S/C14H28N2/c1-11(2)15-9-7-14(8-10-15)16(12(3)4)13-5-6-13/h11-14H,5-10H2,1-4H3. The average molecular weight is 224 g/mol. The van der Waals surface area contributed by atoms with Gasteiger partial charge in [0.05, 0.1) is 0 Å². The van der Waals surface area contributed by atoms with Gasteiger partial charge >= 0.3 is 0 Å². The molecule has 0 aromatic rings. The Hall–Kier alpha value is -0.0800. The van der Waals surface area contributed by atoms with Crippen molar-refractivity contribution in [2.45, 2.75) is 77.5 Å². The highest BCUT2D eigenvalue weighted by Gasteiger charge is 2.36. The van der Waals surface area contributed by atoms with Crippen LogP contribution in [-0.2, 0) is 0 Å². The van der Waals surface area contributed by atoms with Gasteiger partial charge in [-0.25, -0.2) is 0 Å². The second-order valence-electron chi connectivity index (χ2n) is 6.13. The zero-order chi connectivity index (χ0) is 11.7. The lowest BCUT2D eigenvalue weighted by Gasteiger charge is -2.42. The van der Waals surface area contributed by atoms with Crippen LogP contribution in [0.25, 0.3) is 0 Å². The maximum atomic E-state index is 2.80. The molecule has 1 saturated heterocycles. The van der Waals surface area contributed by atoms with Gasteiger partial charge in [0.1, 0.15) is 0 Å². The number of rotatable bonds is 4. The topological polar surface area (TPSA) is 6.48 Å². The van der Waals surface area contributed by atoms with Crippen LogP contribution in [0.15, 0.2) is 0 Å². The number of likely N-dealkylation sites (tertiary alicyclic amines) is 1. The molecule has 2 heteroatoms. The maximum absolute atomic E-state index is 2.80. The summed E-state index contributed by atoms with van der Waals surface area (Å²) in [5, 5.41) is 0. The Morgan fingerprint density at radius 1 is 0.875 bits per heavy atom. The van der Waals surface area contributed by atoms with E-state index < -0.39 is 0 Å². The van der Waals surface area contributed by atoms with Crippen LogP contribution in [0.3, 0.4) is 0 Å². The SMILES string of the molecule is CC(C)N1CCC(N(C(C)C)C2CC2)CC1. The van der Waals surface area contributed by atoms with Crippen LogP contribution in [0.4, 0.5) is 0 Å². The summed E-state index contributed by atoms with van der Waals surface area (Å²) in [6.07, 6.45) is 5.66. The van der Waals surface area contributed by atoms with Gasteiger partial charge in [-0.1, -0.05) is 0 Å². The Balaban J connectivity index is 1.86. The van der Waals surface area contributed by atoms with Crippen LogP contribution < -0.4 is 0 Å². The average Bonchev–Trinajstić information content (AvgIpc) is 3.02. The van der Waals surface area contributed by atoms with Gasteiger partial charge in [0, 0.05) is 24.2 Å². The molecule has 1 heterocycles. The lowest BCUT2D eigenvalue weighted by atomic mass is 10.0. The highest BCUT2D eigenvalue weighted by molar-refractivity contribution is 4.92. The monoisotopic (exact) mass is 224 g/mol. The Labute approximate surface area is 101 Å². The molecule has 1 saturated carbocycles. The molecule has 2 nitrogen and oxygen atoms in total. The van der Waals surface area contributed by atoms with Crippen LogP contribution in [-0.4, -0.2) is 47.1 Å². The predicted octanol–water partition coefficient (Wildman–Crippen LogP) is 2.73. The fraction of sp³-hybridized carbons (Fsp3) is 1.00. The third kappa shape index (κ3) is 2.78. The van der Waals surface area contributed by atoms with Gasteiger partial charge in [-0.2, -0.15) is 0 Å². The Morgan fingerprint density at radius 3 is 1.75 bits per heavy atom. The van der Waals surface area contributed by atoms with Crippen LogP contribution in [0.2, 0.25) is 0 Å². The molecule has 2 rings (SSSR count). The molecular weight excluding hydrogens is 196 g/mol. The van der Waals surface area contributed by atoms with Crippen LogP contribution in [0.1, 0.15) is 53.4 Å². The van der Waals surface area contributed by atoms with Gasteiger partial charge in [0.2, 0.25) is 0 Å². The summed E-state index contributed by atoms with van der Waals surface area (Å²) in [5.74, 6) is 0. The summed E-state index contributed by atoms with van der Waals surface area (Å²) in [4.78, 5) is 5.43. The van der Waals surface area contributed by atoms with Crippen molar-refractivity contribution in [1.82, 2.24) is 9.80 Å². The van der Waals surface area contributed by atoms with Crippen molar-refractivity contribution in [3.8, 4) is 0 Å². The Bertz CT molecular complexity index is 211. The lowest BCUT2D eigenvalue weighted by Crippen LogP contribution is -2.49. The molecule has 0 bridgehead atoms. The number of nitrogens with zero attached hydrogens (tertiary/aromatic N) is 2. The van der Waals surface area contributed by atoms with Gasteiger partial charge < -0.3 is 4.90 Å². The molecule has 2 fully saturated rings. The molecule has 94 valence electrons. The summed E-state index contributed by atoms with van der Waals surface area (Å²) >= 11 is 0. The molecule has 0 aromatic carbocycles. The van der Waals surface area contributed by atoms with E-state index >= 15 is 0 Å². The molecule has 1 aliphatic carbocycles. The number of piperidine rings is 1. The summed E-state index contributed by atoms with van der Waals surface area (Å²) in [7, 11) is 0. The first kappa shape index (κ1) is 12.4. The first-order chi connectivity index (χ1) is 7.59. The van der Waals surface area contributed by atoms with Crippen LogP contribution >= 0.6 is 0 Å². The van der Waals surface area contributed by atoms with Crippen LogP contribution in [0, 0.1) is 0 Å². The second kappa shape index (κ2) is 5.05. The maximum Gasteiger partial charge on any atom is 0.0125 e. The van der Waals surface area contributed by atoms with E-state index in [0.29, 0.717) is 0 Å². The van der Waals surface area contributed by atoms with E-state index in [4.69, 9.17) is 0 Å². The van der Waals surface area contributed by atoms with Crippen molar-refractivity contribution in [2.24, 2.45) is 0 Å². The van der Waals surface area contributed by atoms with E-state index in [1.807, 2.05) is 0 Å². The summed E-state index contributed by atoms with van der Waals surface area (Å²) in [6.45, 7) is 12.0. The van der Waals surface area contributed by atoms with Crippen LogP contribution in [0.5, 0.6) is 0 Å². The molecule has 0 atom stereocenters. The number of hydrogen-bond donors (Lipinski definition) is 0. The fourth-order valence-electron chi connectivity index (χ4n) is 3.21. The lowest BCUT2D eigenvalue weighted by molar-refractivity contribution is 0.0668. The van der Waals surface area contributed by atoms with Crippen molar-refractivity contribution in [3.05, 3.63) is 0 Å². The zero-order valence-electron chi connectivity index (χ0n) is 11.4. The Kier molecular flexibility index (Phi) is 3.91. The summed E-state index contributed by atoms with van der Waals surface area (Å²) < 4.78 is 0. The van der Waals surface area contributed by atoms with E-state index in [1.54, 1.807) is 0 Å². The van der Waals surface area contributed by atoms with Gasteiger partial charge in [-0.05, 0) is 66.5 Å². The molecule has 0 spiro atoms. The van der Waals surface area contributed by atoms with E-state index in [0.717, 1.165) is 24.2 Å². The third-order valence-corrected chi connectivity index (χ3v) is 4.22. The third-order valence-electron chi connectivity index (χ3n) is 4.22. The first-order valence-corrected chi connectivity index (χ1v) is 7.11. The van der Waals surface area contributed by atoms with Crippen molar-refractivity contribution >= 4 is 0 Å². The molecule has 16 heavy (non-hydrogen) atoms.